The lowest BCUT2D eigenvalue weighted by molar-refractivity contribution is 0.462. The highest BCUT2D eigenvalue weighted by molar-refractivity contribution is 5.26. The van der Waals surface area contributed by atoms with Crippen LogP contribution in [0.2, 0.25) is 0 Å². The highest BCUT2D eigenvalue weighted by atomic mass is 15.2. The standard InChI is InChI=1S/C17H23N3/c1-18-17(9-8-13-11-19-20(2)12-13)16-10-15(16)14-6-4-3-5-7-14/h3-7,11-12,15-18H,8-10H2,1-2H3. The molecule has 3 atom stereocenters. The molecular weight excluding hydrogens is 246 g/mol. The second-order valence-electron chi connectivity index (χ2n) is 5.87. The van der Waals surface area contributed by atoms with Crippen molar-refractivity contribution in [3.8, 4) is 0 Å². The number of hydrogen-bond acceptors (Lipinski definition) is 2. The molecule has 20 heavy (non-hydrogen) atoms. The van der Waals surface area contributed by atoms with Gasteiger partial charge in [-0.15, -0.1) is 0 Å². The maximum Gasteiger partial charge on any atom is 0.0521 e. The van der Waals surface area contributed by atoms with Crippen LogP contribution in [-0.2, 0) is 13.5 Å². The summed E-state index contributed by atoms with van der Waals surface area (Å²) in [6, 6.07) is 11.5. The normalized spacial score (nSPS) is 22.7. The number of hydrogen-bond donors (Lipinski definition) is 1. The van der Waals surface area contributed by atoms with Crippen molar-refractivity contribution in [2.75, 3.05) is 7.05 Å². The topological polar surface area (TPSA) is 29.9 Å². The van der Waals surface area contributed by atoms with Gasteiger partial charge in [-0.25, -0.2) is 0 Å². The molecule has 3 unspecified atom stereocenters. The van der Waals surface area contributed by atoms with E-state index in [1.54, 1.807) is 0 Å². The molecule has 0 spiro atoms. The molecule has 1 saturated carbocycles. The quantitative estimate of drug-likeness (QED) is 0.874. The van der Waals surface area contributed by atoms with E-state index in [4.69, 9.17) is 0 Å². The maximum atomic E-state index is 4.24. The van der Waals surface area contributed by atoms with Crippen molar-refractivity contribution in [2.45, 2.75) is 31.2 Å². The van der Waals surface area contributed by atoms with Gasteiger partial charge in [-0.3, -0.25) is 4.68 Å². The monoisotopic (exact) mass is 269 g/mol. The van der Waals surface area contributed by atoms with E-state index in [0.717, 1.165) is 18.3 Å². The first-order valence-corrected chi connectivity index (χ1v) is 7.47. The second kappa shape index (κ2) is 5.80. The van der Waals surface area contributed by atoms with E-state index in [-0.39, 0.29) is 0 Å². The Balaban J connectivity index is 1.56. The van der Waals surface area contributed by atoms with Crippen LogP contribution in [0.25, 0.3) is 0 Å². The first kappa shape index (κ1) is 13.4. The minimum Gasteiger partial charge on any atom is -0.317 e. The van der Waals surface area contributed by atoms with Gasteiger partial charge in [-0.05, 0) is 49.3 Å². The van der Waals surface area contributed by atoms with Crippen LogP contribution >= 0.6 is 0 Å². The number of aromatic nitrogens is 2. The fourth-order valence-electron chi connectivity index (χ4n) is 3.24. The van der Waals surface area contributed by atoms with Gasteiger partial charge < -0.3 is 5.32 Å². The van der Waals surface area contributed by atoms with Crippen molar-refractivity contribution in [1.29, 1.82) is 0 Å². The predicted molar refractivity (Wildman–Crippen MR) is 81.7 cm³/mol. The molecule has 106 valence electrons. The Bertz CT molecular complexity index is 546. The van der Waals surface area contributed by atoms with Crippen LogP contribution in [0.5, 0.6) is 0 Å². The molecule has 0 aliphatic heterocycles. The number of nitrogens with zero attached hydrogens (tertiary/aromatic N) is 2. The first-order chi connectivity index (χ1) is 9.78. The van der Waals surface area contributed by atoms with E-state index in [1.165, 1.54) is 24.0 Å². The van der Waals surface area contributed by atoms with Crippen molar-refractivity contribution in [1.82, 2.24) is 15.1 Å². The zero-order valence-corrected chi connectivity index (χ0v) is 12.3. The first-order valence-electron chi connectivity index (χ1n) is 7.47. The Morgan fingerprint density at radius 3 is 2.80 bits per heavy atom. The SMILES string of the molecule is CNC(CCc1cnn(C)c1)C1CC1c1ccccc1. The van der Waals surface area contributed by atoms with Gasteiger partial charge in [0.2, 0.25) is 0 Å². The van der Waals surface area contributed by atoms with Crippen molar-refractivity contribution in [3.05, 3.63) is 53.9 Å². The van der Waals surface area contributed by atoms with Gasteiger partial charge >= 0.3 is 0 Å². The van der Waals surface area contributed by atoms with E-state index >= 15 is 0 Å². The summed E-state index contributed by atoms with van der Waals surface area (Å²) in [6.45, 7) is 0. The minimum absolute atomic E-state index is 0.611. The lowest BCUT2D eigenvalue weighted by atomic mass is 10.0. The lowest BCUT2D eigenvalue weighted by Crippen LogP contribution is -2.28. The zero-order chi connectivity index (χ0) is 13.9. The van der Waals surface area contributed by atoms with Gasteiger partial charge in [0.25, 0.3) is 0 Å². The Kier molecular flexibility index (Phi) is 3.88. The van der Waals surface area contributed by atoms with Crippen molar-refractivity contribution < 1.29 is 0 Å². The van der Waals surface area contributed by atoms with E-state index in [1.807, 2.05) is 17.9 Å². The third-order valence-corrected chi connectivity index (χ3v) is 4.46. The summed E-state index contributed by atoms with van der Waals surface area (Å²) in [5, 5.41) is 7.75. The van der Waals surface area contributed by atoms with Gasteiger partial charge in [-0.2, -0.15) is 5.10 Å². The molecule has 1 N–H and O–H groups in total. The maximum absolute atomic E-state index is 4.24. The fraction of sp³-hybridized carbons (Fsp3) is 0.471. The van der Waals surface area contributed by atoms with E-state index in [9.17, 15) is 0 Å². The van der Waals surface area contributed by atoms with Crippen LogP contribution in [0, 0.1) is 5.92 Å². The molecule has 1 aliphatic carbocycles. The Labute approximate surface area is 121 Å². The Morgan fingerprint density at radius 1 is 1.35 bits per heavy atom. The fourth-order valence-corrected chi connectivity index (χ4v) is 3.24. The van der Waals surface area contributed by atoms with E-state index < -0.39 is 0 Å². The van der Waals surface area contributed by atoms with Crippen LogP contribution in [0.15, 0.2) is 42.7 Å². The minimum atomic E-state index is 0.611. The number of aryl methyl sites for hydroxylation is 2. The van der Waals surface area contributed by atoms with Gasteiger partial charge in [0.15, 0.2) is 0 Å². The van der Waals surface area contributed by atoms with Gasteiger partial charge in [0.05, 0.1) is 6.20 Å². The second-order valence-corrected chi connectivity index (χ2v) is 5.87. The van der Waals surface area contributed by atoms with Gasteiger partial charge in [0, 0.05) is 19.3 Å². The third kappa shape index (κ3) is 2.93. The van der Waals surface area contributed by atoms with Crippen LogP contribution < -0.4 is 5.32 Å². The van der Waals surface area contributed by atoms with E-state index in [0.29, 0.717) is 6.04 Å². The molecule has 1 heterocycles. The summed E-state index contributed by atoms with van der Waals surface area (Å²) in [4.78, 5) is 0. The number of benzene rings is 1. The molecule has 0 bridgehead atoms. The molecule has 1 aromatic carbocycles. The molecule has 1 aliphatic rings. The molecule has 3 heteroatoms. The highest BCUT2D eigenvalue weighted by Gasteiger charge is 2.42. The molecule has 1 fully saturated rings. The summed E-state index contributed by atoms with van der Waals surface area (Å²) in [7, 11) is 4.07. The summed E-state index contributed by atoms with van der Waals surface area (Å²) < 4.78 is 1.88. The highest BCUT2D eigenvalue weighted by Crippen LogP contribution is 2.50. The molecule has 3 nitrogen and oxygen atoms in total. The largest absolute Gasteiger partial charge is 0.317 e. The number of nitrogens with one attached hydrogen (secondary N) is 1. The van der Waals surface area contributed by atoms with Crippen LogP contribution in [0.1, 0.15) is 29.9 Å². The molecule has 2 aromatic rings. The van der Waals surface area contributed by atoms with Crippen molar-refractivity contribution in [3.63, 3.8) is 0 Å². The van der Waals surface area contributed by atoms with E-state index in [2.05, 4.69) is 54.0 Å². The molecule has 0 radical (unpaired) electrons. The Hall–Kier alpha value is -1.61. The lowest BCUT2D eigenvalue weighted by Gasteiger charge is -2.15. The van der Waals surface area contributed by atoms with Crippen LogP contribution in [0.3, 0.4) is 0 Å². The average Bonchev–Trinajstić information content (AvgIpc) is 3.16. The van der Waals surface area contributed by atoms with Crippen LogP contribution in [-0.4, -0.2) is 22.9 Å². The predicted octanol–water partition coefficient (Wildman–Crippen LogP) is 2.74. The van der Waals surface area contributed by atoms with Gasteiger partial charge in [-0.1, -0.05) is 30.3 Å². The summed E-state index contributed by atoms with van der Waals surface area (Å²) in [5.41, 5.74) is 2.84. The average molecular weight is 269 g/mol. The smallest absolute Gasteiger partial charge is 0.0521 e. The molecule has 3 rings (SSSR count). The van der Waals surface area contributed by atoms with Gasteiger partial charge in [0.1, 0.15) is 0 Å². The molecule has 0 amide bonds. The van der Waals surface area contributed by atoms with Crippen molar-refractivity contribution >= 4 is 0 Å². The summed E-state index contributed by atoms with van der Waals surface area (Å²) >= 11 is 0. The summed E-state index contributed by atoms with van der Waals surface area (Å²) in [5.74, 6) is 1.54. The molecule has 0 saturated heterocycles. The molecular formula is C17H23N3. The summed E-state index contributed by atoms with van der Waals surface area (Å²) in [6.07, 6.45) is 7.72. The Morgan fingerprint density at radius 2 is 2.15 bits per heavy atom. The van der Waals surface area contributed by atoms with Crippen LogP contribution in [0.4, 0.5) is 0 Å². The molecule has 1 aromatic heterocycles. The number of rotatable bonds is 6. The third-order valence-electron chi connectivity index (χ3n) is 4.46. The van der Waals surface area contributed by atoms with Crippen molar-refractivity contribution in [2.24, 2.45) is 13.0 Å². The zero-order valence-electron chi connectivity index (χ0n) is 12.3.